The van der Waals surface area contributed by atoms with E-state index >= 15 is 0 Å². The second-order valence-corrected chi connectivity index (χ2v) is 6.09. The Morgan fingerprint density at radius 3 is 2.57 bits per heavy atom. The number of ether oxygens (including phenoxy) is 3. The van der Waals surface area contributed by atoms with Gasteiger partial charge in [0.2, 0.25) is 0 Å². The van der Waals surface area contributed by atoms with Gasteiger partial charge in [-0.1, -0.05) is 6.58 Å². The smallest absolute Gasteiger partial charge is 0.330 e. The summed E-state index contributed by atoms with van der Waals surface area (Å²) >= 11 is -2.67. The normalized spacial score (nSPS) is 36.5. The number of fused-ring (bicyclic) bond motifs is 2. The zero-order valence-electron chi connectivity index (χ0n) is 12.4. The van der Waals surface area contributed by atoms with Crippen molar-refractivity contribution >= 4 is 23.3 Å². The molecule has 5 atom stereocenters. The monoisotopic (exact) mass is 350 g/mol. The number of aliphatic hydroxyl groups excluding tert-OH is 1. The van der Waals surface area contributed by atoms with Crippen molar-refractivity contribution in [1.82, 2.24) is 0 Å². The van der Waals surface area contributed by atoms with Gasteiger partial charge in [0.25, 0.3) is 0 Å². The van der Waals surface area contributed by atoms with Gasteiger partial charge in [0.05, 0.1) is 6.61 Å². The van der Waals surface area contributed by atoms with E-state index in [0.717, 1.165) is 6.08 Å². The molecule has 0 spiro atoms. The SMILES string of the molecule is C=CC(=O)OC1C(OS(=O)O)C2(CO)CCC1(COC(C)=O)O2. The van der Waals surface area contributed by atoms with Crippen LogP contribution in [-0.4, -0.2) is 62.4 Å². The molecule has 5 unspecified atom stereocenters. The van der Waals surface area contributed by atoms with E-state index in [1.807, 2.05) is 0 Å². The Morgan fingerprint density at radius 1 is 1.39 bits per heavy atom. The summed E-state index contributed by atoms with van der Waals surface area (Å²) < 4.78 is 41.0. The first-order valence-electron chi connectivity index (χ1n) is 6.84. The van der Waals surface area contributed by atoms with Gasteiger partial charge in [0.15, 0.2) is 6.10 Å². The Kier molecular flexibility index (Phi) is 5.21. The standard InChI is InChI=1S/C13H18O9S/c1-3-9(16)20-10-11(21-23(17)18)12(6-14)4-5-13(10,22-12)7-19-8(2)15/h3,10-11,14H,1,4-7H2,2H3,(H,17,18). The topological polar surface area (TPSA) is 129 Å². The molecular formula is C13H18O9S. The Labute approximate surface area is 135 Å². The van der Waals surface area contributed by atoms with E-state index in [2.05, 4.69) is 6.58 Å². The number of carbonyl (C=O) groups is 2. The highest BCUT2D eigenvalue weighted by Gasteiger charge is 2.71. The molecule has 0 aromatic carbocycles. The maximum atomic E-state index is 11.6. The summed E-state index contributed by atoms with van der Waals surface area (Å²) in [6.07, 6.45) is -0.803. The van der Waals surface area contributed by atoms with Crippen LogP contribution in [0.4, 0.5) is 0 Å². The second kappa shape index (κ2) is 6.65. The molecular weight excluding hydrogens is 332 g/mol. The molecule has 0 aromatic rings. The molecule has 23 heavy (non-hydrogen) atoms. The van der Waals surface area contributed by atoms with E-state index in [4.69, 9.17) is 22.9 Å². The molecule has 2 aliphatic rings. The predicted molar refractivity (Wildman–Crippen MR) is 75.2 cm³/mol. The van der Waals surface area contributed by atoms with Crippen molar-refractivity contribution in [3.05, 3.63) is 12.7 Å². The lowest BCUT2D eigenvalue weighted by Crippen LogP contribution is -2.55. The fraction of sp³-hybridized carbons (Fsp3) is 0.692. The maximum Gasteiger partial charge on any atom is 0.330 e. The highest BCUT2D eigenvalue weighted by atomic mass is 32.2. The number of hydrogen-bond acceptors (Lipinski definition) is 8. The van der Waals surface area contributed by atoms with E-state index in [1.165, 1.54) is 6.92 Å². The molecule has 2 rings (SSSR count). The molecule has 0 aliphatic carbocycles. The summed E-state index contributed by atoms with van der Waals surface area (Å²) in [5.41, 5.74) is -2.57. The van der Waals surface area contributed by atoms with Crippen LogP contribution in [-0.2, 0) is 39.3 Å². The van der Waals surface area contributed by atoms with Gasteiger partial charge in [0, 0.05) is 13.0 Å². The summed E-state index contributed by atoms with van der Waals surface area (Å²) in [6.45, 7) is 3.74. The molecule has 130 valence electrons. The first-order chi connectivity index (χ1) is 10.8. The number of hydrogen-bond donors (Lipinski definition) is 2. The van der Waals surface area contributed by atoms with E-state index < -0.39 is 53.3 Å². The molecule has 2 N–H and O–H groups in total. The van der Waals surface area contributed by atoms with Crippen LogP contribution in [0.3, 0.4) is 0 Å². The van der Waals surface area contributed by atoms with Gasteiger partial charge >= 0.3 is 23.3 Å². The average molecular weight is 350 g/mol. The number of aliphatic hydroxyl groups is 1. The third kappa shape index (κ3) is 3.31. The molecule has 0 aromatic heterocycles. The van der Waals surface area contributed by atoms with Crippen LogP contribution in [0.25, 0.3) is 0 Å². The summed E-state index contributed by atoms with van der Waals surface area (Å²) in [5, 5.41) is 9.67. The zero-order chi connectivity index (χ0) is 17.3. The predicted octanol–water partition coefficient (Wildman–Crippen LogP) is -0.537. The highest BCUT2D eigenvalue weighted by Crippen LogP contribution is 2.53. The first-order valence-corrected chi connectivity index (χ1v) is 7.87. The quantitative estimate of drug-likeness (QED) is 0.353. The molecule has 2 aliphatic heterocycles. The van der Waals surface area contributed by atoms with Crippen LogP contribution >= 0.6 is 0 Å². The Morgan fingerprint density at radius 2 is 2.04 bits per heavy atom. The third-order valence-electron chi connectivity index (χ3n) is 4.07. The van der Waals surface area contributed by atoms with Crippen molar-refractivity contribution in [3.63, 3.8) is 0 Å². The van der Waals surface area contributed by atoms with Gasteiger partial charge in [-0.25, -0.2) is 4.79 Å². The Bertz CT molecular complexity index is 536. The van der Waals surface area contributed by atoms with Crippen molar-refractivity contribution in [3.8, 4) is 0 Å². The zero-order valence-corrected chi connectivity index (χ0v) is 13.2. The van der Waals surface area contributed by atoms with Crippen molar-refractivity contribution < 1.29 is 41.9 Å². The summed E-state index contributed by atoms with van der Waals surface area (Å²) in [4.78, 5) is 22.7. The first kappa shape index (κ1) is 18.0. The van der Waals surface area contributed by atoms with Crippen LogP contribution in [0.15, 0.2) is 12.7 Å². The van der Waals surface area contributed by atoms with Gasteiger partial charge in [-0.05, 0) is 12.8 Å². The molecule has 2 heterocycles. The van der Waals surface area contributed by atoms with Crippen molar-refractivity contribution in [1.29, 1.82) is 0 Å². The maximum absolute atomic E-state index is 11.6. The Balaban J connectivity index is 2.35. The summed E-state index contributed by atoms with van der Waals surface area (Å²) in [7, 11) is 0. The van der Waals surface area contributed by atoms with E-state index in [0.29, 0.717) is 6.42 Å². The molecule has 0 amide bonds. The minimum atomic E-state index is -2.67. The lowest BCUT2D eigenvalue weighted by molar-refractivity contribution is -0.169. The number of carbonyl (C=O) groups excluding carboxylic acids is 2. The van der Waals surface area contributed by atoms with Crippen LogP contribution in [0, 0.1) is 0 Å². The molecule has 2 bridgehead atoms. The van der Waals surface area contributed by atoms with Gasteiger partial charge in [-0.3, -0.25) is 13.5 Å². The fourth-order valence-electron chi connectivity index (χ4n) is 3.06. The van der Waals surface area contributed by atoms with Gasteiger partial charge < -0.3 is 19.3 Å². The molecule has 2 saturated heterocycles. The molecule has 2 fully saturated rings. The third-order valence-corrected chi connectivity index (χ3v) is 4.45. The lowest BCUT2D eigenvalue weighted by atomic mass is 9.78. The number of rotatable bonds is 7. The minimum Gasteiger partial charge on any atom is -0.463 e. The molecule has 10 heteroatoms. The van der Waals surface area contributed by atoms with Crippen molar-refractivity contribution in [2.45, 2.75) is 43.2 Å². The van der Waals surface area contributed by atoms with Crippen LogP contribution in [0.5, 0.6) is 0 Å². The molecule has 9 nitrogen and oxygen atoms in total. The van der Waals surface area contributed by atoms with E-state index in [1.54, 1.807) is 0 Å². The minimum absolute atomic E-state index is 0.239. The number of esters is 2. The van der Waals surface area contributed by atoms with Crippen molar-refractivity contribution in [2.24, 2.45) is 0 Å². The fourth-order valence-corrected chi connectivity index (χ4v) is 3.51. The van der Waals surface area contributed by atoms with Crippen LogP contribution < -0.4 is 0 Å². The van der Waals surface area contributed by atoms with Gasteiger partial charge in [0.1, 0.15) is 23.9 Å². The molecule has 0 radical (unpaired) electrons. The van der Waals surface area contributed by atoms with Gasteiger partial charge in [-0.2, -0.15) is 4.21 Å². The average Bonchev–Trinajstić information content (AvgIpc) is 2.99. The van der Waals surface area contributed by atoms with Crippen LogP contribution in [0.1, 0.15) is 19.8 Å². The highest BCUT2D eigenvalue weighted by molar-refractivity contribution is 7.74. The van der Waals surface area contributed by atoms with E-state index in [-0.39, 0.29) is 13.0 Å². The lowest BCUT2D eigenvalue weighted by Gasteiger charge is -2.35. The van der Waals surface area contributed by atoms with Crippen LogP contribution in [0.2, 0.25) is 0 Å². The largest absolute Gasteiger partial charge is 0.463 e. The summed E-state index contributed by atoms with van der Waals surface area (Å²) in [6, 6.07) is 0. The van der Waals surface area contributed by atoms with Crippen molar-refractivity contribution in [2.75, 3.05) is 13.2 Å². The Hall–Kier alpha value is -1.33. The van der Waals surface area contributed by atoms with Gasteiger partial charge in [-0.15, -0.1) is 0 Å². The van der Waals surface area contributed by atoms with E-state index in [9.17, 15) is 18.9 Å². The molecule has 0 saturated carbocycles. The summed E-state index contributed by atoms with van der Waals surface area (Å²) in [5.74, 6) is -1.35. The second-order valence-electron chi connectivity index (χ2n) is 5.47.